The van der Waals surface area contributed by atoms with Gasteiger partial charge in [-0.2, -0.15) is 0 Å². The summed E-state index contributed by atoms with van der Waals surface area (Å²) in [6.07, 6.45) is 7.94. The summed E-state index contributed by atoms with van der Waals surface area (Å²) in [6, 6.07) is 0. The molecule has 1 radical (unpaired) electrons. The van der Waals surface area contributed by atoms with Crippen LogP contribution in [0.4, 0.5) is 0 Å². The third kappa shape index (κ3) is 5.25. The summed E-state index contributed by atoms with van der Waals surface area (Å²) in [5.41, 5.74) is 0. The first-order valence-corrected chi connectivity index (χ1v) is 2.45. The van der Waals surface area contributed by atoms with Crippen LogP contribution in [-0.4, -0.2) is 30.8 Å². The second kappa shape index (κ2) is 6.91. The Balaban J connectivity index is 0.000000167. The fourth-order valence-electron chi connectivity index (χ4n) is 0.289. The molecule has 2 heterocycles. The Hall–Kier alpha value is -1.20. The maximum atomic E-state index is 3.29. The maximum Gasteiger partial charge on any atom is 2.00 e. The van der Waals surface area contributed by atoms with Gasteiger partial charge in [-0.1, -0.05) is 0 Å². The minimum atomic E-state index is 0. The molecule has 6 nitrogen and oxygen atoms in total. The minimum absolute atomic E-state index is 0. The van der Waals surface area contributed by atoms with Crippen LogP contribution < -0.4 is 0 Å². The molecule has 2 aromatic rings. The van der Waals surface area contributed by atoms with Gasteiger partial charge in [0.15, 0.2) is 0 Å². The van der Waals surface area contributed by atoms with Crippen molar-refractivity contribution in [3.05, 3.63) is 24.8 Å². The summed E-state index contributed by atoms with van der Waals surface area (Å²) in [5.74, 6) is 0. The zero-order chi connectivity index (χ0) is 7.07. The summed E-state index contributed by atoms with van der Waals surface area (Å²) < 4.78 is 0. The van der Waals surface area contributed by atoms with Gasteiger partial charge in [0.05, 0.1) is 0 Å². The van der Waals surface area contributed by atoms with Crippen molar-refractivity contribution in [3.63, 3.8) is 0 Å². The molecule has 0 unspecified atom stereocenters. The number of aromatic nitrogens is 6. The first-order chi connectivity index (χ1) is 5.00. The fourth-order valence-corrected chi connectivity index (χ4v) is 0.289. The van der Waals surface area contributed by atoms with E-state index >= 15 is 0 Å². The van der Waals surface area contributed by atoms with E-state index in [0.717, 1.165) is 0 Å². The number of hydrogen-bond donors (Lipinski definition) is 2. The van der Waals surface area contributed by atoms with Crippen molar-refractivity contribution in [2.75, 3.05) is 0 Å². The Morgan fingerprint density at radius 2 is 1.36 bits per heavy atom. The molecule has 0 aromatic carbocycles. The zero-order valence-electron chi connectivity index (χ0n) is 5.25. The second-order valence-corrected chi connectivity index (χ2v) is 1.21. The van der Waals surface area contributed by atoms with Gasteiger partial charge in [-0.05, 0) is 0 Å². The monoisotopic (exact) mass is 199 g/mol. The summed E-state index contributed by atoms with van der Waals surface area (Å²) in [4.78, 5) is 0. The van der Waals surface area contributed by atoms with Gasteiger partial charge in [-0.3, -0.25) is 0 Å². The van der Waals surface area contributed by atoms with Crippen molar-refractivity contribution in [3.8, 4) is 0 Å². The molecule has 0 atom stereocenters. The van der Waals surface area contributed by atoms with E-state index in [0.29, 0.717) is 0 Å². The zero-order valence-corrected chi connectivity index (χ0v) is 6.19. The van der Waals surface area contributed by atoms with E-state index in [1.165, 1.54) is 12.4 Å². The first kappa shape index (κ1) is 9.80. The van der Waals surface area contributed by atoms with E-state index in [1.807, 2.05) is 0 Å². The molecular weight excluding hydrogens is 196 g/mol. The molecule has 0 amide bonds. The van der Waals surface area contributed by atoms with E-state index in [2.05, 4.69) is 43.2 Å². The number of rotatable bonds is 0. The second-order valence-electron chi connectivity index (χ2n) is 1.21. The van der Waals surface area contributed by atoms with Crippen molar-refractivity contribution in [1.82, 2.24) is 30.8 Å². The number of hydrogen-bond acceptors (Lipinski definition) is 4. The van der Waals surface area contributed by atoms with Crippen molar-refractivity contribution in [2.24, 2.45) is 0 Å². The molecule has 11 heavy (non-hydrogen) atoms. The third-order valence-corrected chi connectivity index (χ3v) is 0.589. The molecule has 0 spiro atoms. The first-order valence-electron chi connectivity index (χ1n) is 2.45. The Labute approximate surface area is 73.3 Å². The summed E-state index contributed by atoms with van der Waals surface area (Å²) in [5, 5.41) is 18.1. The largest absolute Gasteiger partial charge is 2.00 e. The topological polar surface area (TPSA) is 83.1 Å². The summed E-state index contributed by atoms with van der Waals surface area (Å²) in [6.45, 7) is 0. The molecular formula is C4H4CuN6. The average Bonchev–Trinajstić information content (AvgIpc) is 2.67. The molecule has 0 aliphatic heterocycles. The number of nitrogens with zero attached hydrogens (tertiary/aromatic N) is 4. The van der Waals surface area contributed by atoms with Crippen LogP contribution in [0.1, 0.15) is 0 Å². The summed E-state index contributed by atoms with van der Waals surface area (Å²) >= 11 is 0. The van der Waals surface area contributed by atoms with Gasteiger partial charge in [-0.15, -0.1) is 22.8 Å². The van der Waals surface area contributed by atoms with E-state index in [-0.39, 0.29) is 17.1 Å². The van der Waals surface area contributed by atoms with Crippen LogP contribution in [0.2, 0.25) is 0 Å². The van der Waals surface area contributed by atoms with Gasteiger partial charge in [0.1, 0.15) is 0 Å². The Morgan fingerprint density at radius 1 is 0.909 bits per heavy atom. The SMILES string of the molecule is [Cu+2].[c-]1c[nH]nn1.[c-]1c[nH]nn1. The Morgan fingerprint density at radius 3 is 1.45 bits per heavy atom. The Kier molecular flexibility index (Phi) is 6.16. The smallest absolute Gasteiger partial charge is 0.352 e. The average molecular weight is 200 g/mol. The molecule has 0 aliphatic carbocycles. The maximum absolute atomic E-state index is 3.29. The quantitative estimate of drug-likeness (QED) is 0.430. The van der Waals surface area contributed by atoms with E-state index in [4.69, 9.17) is 0 Å². The molecule has 2 aromatic heterocycles. The van der Waals surface area contributed by atoms with Crippen LogP contribution in [-0.2, 0) is 17.1 Å². The van der Waals surface area contributed by atoms with E-state index < -0.39 is 0 Å². The predicted octanol–water partition coefficient (Wildman–Crippen LogP) is -0.793. The summed E-state index contributed by atoms with van der Waals surface area (Å²) in [7, 11) is 0. The number of H-pyrrole nitrogens is 2. The standard InChI is InChI=1S/2C2H2N3.Cu/c2*1-2-4-5-3-1;/h2*1H,(H,3,4,5);/q2*-1;+2. The third-order valence-electron chi connectivity index (χ3n) is 0.589. The normalized spacial score (nSPS) is 7.27. The number of nitrogens with one attached hydrogen (secondary N) is 2. The van der Waals surface area contributed by atoms with Gasteiger partial charge in [0, 0.05) is 0 Å². The van der Waals surface area contributed by atoms with Gasteiger partial charge in [0.25, 0.3) is 0 Å². The van der Waals surface area contributed by atoms with Crippen molar-refractivity contribution >= 4 is 0 Å². The molecule has 0 bridgehead atoms. The molecule has 2 N–H and O–H groups in total. The van der Waals surface area contributed by atoms with Crippen LogP contribution in [0, 0.1) is 12.4 Å². The van der Waals surface area contributed by atoms with Gasteiger partial charge in [0.2, 0.25) is 0 Å². The van der Waals surface area contributed by atoms with Crippen molar-refractivity contribution in [1.29, 1.82) is 0 Å². The van der Waals surface area contributed by atoms with E-state index in [9.17, 15) is 0 Å². The number of aromatic amines is 2. The molecule has 0 aliphatic rings. The van der Waals surface area contributed by atoms with Crippen LogP contribution in [0.15, 0.2) is 12.4 Å². The van der Waals surface area contributed by atoms with Crippen molar-refractivity contribution < 1.29 is 17.1 Å². The van der Waals surface area contributed by atoms with Crippen LogP contribution >= 0.6 is 0 Å². The van der Waals surface area contributed by atoms with Gasteiger partial charge >= 0.3 is 17.1 Å². The van der Waals surface area contributed by atoms with Gasteiger partial charge in [-0.25, -0.2) is 0 Å². The van der Waals surface area contributed by atoms with Crippen LogP contribution in [0.25, 0.3) is 0 Å². The van der Waals surface area contributed by atoms with Crippen LogP contribution in [0.5, 0.6) is 0 Å². The molecule has 61 valence electrons. The molecule has 2 rings (SSSR count). The van der Waals surface area contributed by atoms with Crippen molar-refractivity contribution in [2.45, 2.75) is 0 Å². The van der Waals surface area contributed by atoms with Gasteiger partial charge < -0.3 is 32.8 Å². The molecule has 0 fully saturated rings. The molecule has 0 saturated carbocycles. The molecule has 0 saturated heterocycles. The van der Waals surface area contributed by atoms with Crippen LogP contribution in [0.3, 0.4) is 0 Å². The fraction of sp³-hybridized carbons (Fsp3) is 0. The Bertz CT molecular complexity index is 154. The minimum Gasteiger partial charge on any atom is -0.352 e. The van der Waals surface area contributed by atoms with E-state index in [1.54, 1.807) is 0 Å². The predicted molar refractivity (Wildman–Crippen MR) is 30.4 cm³/mol. The molecule has 7 heteroatoms.